The van der Waals surface area contributed by atoms with Crippen LogP contribution in [0.1, 0.15) is 26.3 Å². The Morgan fingerprint density at radius 1 is 1.00 bits per heavy atom. The molecule has 0 atom stereocenters. The number of hydrogen-bond donors (Lipinski definition) is 0. The molecule has 0 aliphatic rings. The van der Waals surface area contributed by atoms with E-state index in [2.05, 4.69) is 15.9 Å². The van der Waals surface area contributed by atoms with Crippen LogP contribution in [0.15, 0.2) is 59.1 Å². The molecule has 0 heterocycles. The van der Waals surface area contributed by atoms with Gasteiger partial charge < -0.3 is 9.90 Å². The van der Waals surface area contributed by atoms with Gasteiger partial charge in [-0.1, -0.05) is 58.4 Å². The van der Waals surface area contributed by atoms with E-state index in [4.69, 9.17) is 0 Å². The Balaban J connectivity index is 2.15. The highest BCUT2D eigenvalue weighted by Crippen LogP contribution is 2.17. The van der Waals surface area contributed by atoms with Crippen LogP contribution in [-0.4, -0.2) is 11.8 Å². The number of ketones is 1. The maximum Gasteiger partial charge on any atom is 0.186 e. The summed E-state index contributed by atoms with van der Waals surface area (Å²) < 4.78 is 0.738. The van der Waals surface area contributed by atoms with Crippen LogP contribution in [0.2, 0.25) is 0 Å². The number of benzene rings is 2. The molecule has 2 aromatic rings. The van der Waals surface area contributed by atoms with E-state index >= 15 is 0 Å². The third-order valence-corrected chi connectivity index (χ3v) is 3.40. The summed E-state index contributed by atoms with van der Waals surface area (Å²) in [6, 6.07) is 13.3. The molecule has 3 nitrogen and oxygen atoms in total. The van der Waals surface area contributed by atoms with Crippen LogP contribution in [-0.2, 0) is 0 Å². The number of aromatic carboxylic acids is 1. The van der Waals surface area contributed by atoms with Gasteiger partial charge in [0.2, 0.25) is 0 Å². The third kappa shape index (κ3) is 3.42. The van der Waals surface area contributed by atoms with E-state index in [9.17, 15) is 14.7 Å². The Morgan fingerprint density at radius 3 is 2.25 bits per heavy atom. The Bertz CT molecular complexity index is 672. The maximum atomic E-state index is 12.0. The molecule has 0 radical (unpaired) electrons. The molecule has 0 unspecified atom stereocenters. The molecule has 0 saturated heterocycles. The van der Waals surface area contributed by atoms with Gasteiger partial charge in [0.1, 0.15) is 0 Å². The quantitative estimate of drug-likeness (QED) is 0.640. The number of hydrogen-bond acceptors (Lipinski definition) is 3. The van der Waals surface area contributed by atoms with Crippen molar-refractivity contribution in [3.63, 3.8) is 0 Å². The molecule has 100 valence electrons. The summed E-state index contributed by atoms with van der Waals surface area (Å²) in [6.07, 6.45) is 3.09. The number of carbonyl (C=O) groups is 2. The van der Waals surface area contributed by atoms with Crippen LogP contribution in [0.3, 0.4) is 0 Å². The van der Waals surface area contributed by atoms with Crippen molar-refractivity contribution < 1.29 is 14.7 Å². The first-order chi connectivity index (χ1) is 9.58. The van der Waals surface area contributed by atoms with Crippen molar-refractivity contribution in [3.05, 3.63) is 75.8 Å². The topological polar surface area (TPSA) is 57.2 Å². The fraction of sp³-hybridized carbons (Fsp3) is 0. The summed E-state index contributed by atoms with van der Waals surface area (Å²) in [5.74, 6) is -1.34. The summed E-state index contributed by atoms with van der Waals surface area (Å²) in [5.41, 5.74) is 1.43. The molecule has 2 aromatic carbocycles. The molecule has 0 saturated carbocycles. The number of allylic oxidation sites excluding steroid dienone is 1. The van der Waals surface area contributed by atoms with Gasteiger partial charge >= 0.3 is 0 Å². The second-order valence-corrected chi connectivity index (χ2v) is 4.94. The predicted molar refractivity (Wildman–Crippen MR) is 78.3 cm³/mol. The molecular weight excluding hydrogens is 320 g/mol. The molecule has 2 rings (SSSR count). The van der Waals surface area contributed by atoms with Crippen LogP contribution in [0.4, 0.5) is 0 Å². The molecule has 0 spiro atoms. The van der Waals surface area contributed by atoms with Crippen LogP contribution in [0.25, 0.3) is 6.08 Å². The Hall–Kier alpha value is -2.20. The van der Waals surface area contributed by atoms with Crippen molar-refractivity contribution in [2.75, 3.05) is 0 Å². The monoisotopic (exact) mass is 329 g/mol. The van der Waals surface area contributed by atoms with Gasteiger partial charge in [0.05, 0.1) is 5.97 Å². The average molecular weight is 330 g/mol. The van der Waals surface area contributed by atoms with Crippen molar-refractivity contribution in [2.24, 2.45) is 0 Å². The van der Waals surface area contributed by atoms with Crippen molar-refractivity contribution in [1.29, 1.82) is 0 Å². The van der Waals surface area contributed by atoms with Crippen LogP contribution >= 0.6 is 15.9 Å². The Kier molecular flexibility index (Phi) is 4.48. The standard InChI is InChI=1S/C16H11BrO3/c17-14-4-2-1-3-13(14)15(18)10-7-11-5-8-12(9-6-11)16(19)20/h1-10H,(H,19,20)/p-1/b10-7+. The van der Waals surface area contributed by atoms with Gasteiger partial charge in [0.15, 0.2) is 5.78 Å². The van der Waals surface area contributed by atoms with Gasteiger partial charge in [-0.15, -0.1) is 0 Å². The first-order valence-corrected chi connectivity index (χ1v) is 6.65. The lowest BCUT2D eigenvalue weighted by atomic mass is 10.1. The third-order valence-electron chi connectivity index (χ3n) is 2.71. The fourth-order valence-electron chi connectivity index (χ4n) is 1.65. The van der Waals surface area contributed by atoms with Gasteiger partial charge in [-0.2, -0.15) is 0 Å². The highest BCUT2D eigenvalue weighted by atomic mass is 79.9. The second kappa shape index (κ2) is 6.30. The molecule has 0 aromatic heterocycles. The Morgan fingerprint density at radius 2 is 1.65 bits per heavy atom. The zero-order valence-corrected chi connectivity index (χ0v) is 12.0. The van der Waals surface area contributed by atoms with Crippen molar-refractivity contribution in [2.45, 2.75) is 0 Å². The molecule has 0 bridgehead atoms. The van der Waals surface area contributed by atoms with E-state index < -0.39 is 5.97 Å². The lowest BCUT2D eigenvalue weighted by Crippen LogP contribution is -2.21. The summed E-state index contributed by atoms with van der Waals surface area (Å²) in [4.78, 5) is 22.6. The summed E-state index contributed by atoms with van der Waals surface area (Å²) in [6.45, 7) is 0. The highest BCUT2D eigenvalue weighted by Gasteiger charge is 2.05. The summed E-state index contributed by atoms with van der Waals surface area (Å²) >= 11 is 3.32. The number of halogens is 1. The zero-order valence-electron chi connectivity index (χ0n) is 10.4. The van der Waals surface area contributed by atoms with E-state index in [1.807, 2.05) is 6.07 Å². The molecule has 0 amide bonds. The van der Waals surface area contributed by atoms with E-state index in [-0.39, 0.29) is 11.3 Å². The first kappa shape index (κ1) is 14.2. The number of carboxylic acid groups (broad SMARTS) is 1. The molecule has 20 heavy (non-hydrogen) atoms. The molecule has 0 fully saturated rings. The van der Waals surface area contributed by atoms with Crippen LogP contribution in [0.5, 0.6) is 0 Å². The van der Waals surface area contributed by atoms with E-state index in [1.54, 1.807) is 36.4 Å². The number of rotatable bonds is 4. The van der Waals surface area contributed by atoms with Gasteiger partial charge in [0.25, 0.3) is 0 Å². The number of carboxylic acids is 1. The predicted octanol–water partition coefficient (Wildman–Crippen LogP) is 2.71. The van der Waals surface area contributed by atoms with Crippen LogP contribution in [0, 0.1) is 0 Å². The van der Waals surface area contributed by atoms with Gasteiger partial charge in [-0.05, 0) is 29.3 Å². The first-order valence-electron chi connectivity index (χ1n) is 5.86. The van der Waals surface area contributed by atoms with Gasteiger partial charge in [0, 0.05) is 10.0 Å². The van der Waals surface area contributed by atoms with Crippen molar-refractivity contribution in [1.82, 2.24) is 0 Å². The molecule has 4 heteroatoms. The average Bonchev–Trinajstić information content (AvgIpc) is 2.45. The lowest BCUT2D eigenvalue weighted by molar-refractivity contribution is -0.255. The highest BCUT2D eigenvalue weighted by molar-refractivity contribution is 9.10. The largest absolute Gasteiger partial charge is 0.545 e. The van der Waals surface area contributed by atoms with Gasteiger partial charge in [-0.3, -0.25) is 4.79 Å². The minimum Gasteiger partial charge on any atom is -0.545 e. The molecular formula is C16H10BrO3-. The smallest absolute Gasteiger partial charge is 0.186 e. The zero-order chi connectivity index (χ0) is 14.5. The summed E-state index contributed by atoms with van der Waals surface area (Å²) in [5, 5.41) is 10.6. The second-order valence-electron chi connectivity index (χ2n) is 4.09. The molecule has 0 aliphatic carbocycles. The van der Waals surface area contributed by atoms with Gasteiger partial charge in [-0.25, -0.2) is 0 Å². The fourth-order valence-corrected chi connectivity index (χ4v) is 2.13. The van der Waals surface area contributed by atoms with Crippen molar-refractivity contribution >= 4 is 33.8 Å². The molecule has 0 N–H and O–H groups in total. The lowest BCUT2D eigenvalue weighted by Gasteiger charge is -2.02. The van der Waals surface area contributed by atoms with Crippen molar-refractivity contribution in [3.8, 4) is 0 Å². The van der Waals surface area contributed by atoms with E-state index in [1.165, 1.54) is 18.2 Å². The minimum absolute atomic E-state index is 0.110. The number of carbonyl (C=O) groups excluding carboxylic acids is 2. The molecule has 0 aliphatic heterocycles. The maximum absolute atomic E-state index is 12.0. The Labute approximate surface area is 124 Å². The van der Waals surface area contributed by atoms with Crippen LogP contribution < -0.4 is 5.11 Å². The normalized spacial score (nSPS) is 10.7. The van der Waals surface area contributed by atoms with E-state index in [0.29, 0.717) is 5.56 Å². The summed E-state index contributed by atoms with van der Waals surface area (Å²) in [7, 11) is 0. The minimum atomic E-state index is -1.22. The van der Waals surface area contributed by atoms with E-state index in [0.717, 1.165) is 10.0 Å². The SMILES string of the molecule is O=C([O-])c1ccc(/C=C/C(=O)c2ccccc2Br)cc1.